The zero-order chi connectivity index (χ0) is 27.1. The number of alkyl halides is 3. The number of carbonyl (C=O) groups excluding carboxylic acids is 1. The fraction of sp³-hybridized carbons (Fsp3) is 0.103. The van der Waals surface area contributed by atoms with Gasteiger partial charge in [0, 0.05) is 17.8 Å². The standard InChI is InChI=1S/C29H21F3N6O/c1-18-6-2-3-9-22(18)16-37-17-23(15-33-37)34-28(39)25-14-27-35-24(13-26(29(30,31)32)38(27)36-25)21-11-10-19-7-4-5-8-20(19)12-21/h2-15,17H,16H2,1H3,(H,34,39). The monoisotopic (exact) mass is 526 g/mol. The van der Waals surface area contributed by atoms with Crippen LogP contribution in [-0.2, 0) is 12.7 Å². The summed E-state index contributed by atoms with van der Waals surface area (Å²) in [5.41, 5.74) is 1.92. The summed E-state index contributed by atoms with van der Waals surface area (Å²) in [4.78, 5) is 17.3. The molecule has 3 heterocycles. The molecule has 0 spiro atoms. The summed E-state index contributed by atoms with van der Waals surface area (Å²) in [5.74, 6) is -0.670. The Morgan fingerprint density at radius 1 is 0.949 bits per heavy atom. The minimum absolute atomic E-state index is 0.0895. The smallest absolute Gasteiger partial charge is 0.318 e. The molecule has 0 saturated heterocycles. The Morgan fingerprint density at radius 2 is 1.72 bits per heavy atom. The third kappa shape index (κ3) is 4.84. The van der Waals surface area contributed by atoms with Gasteiger partial charge in [-0.1, -0.05) is 60.7 Å². The Labute approximate surface area is 220 Å². The molecule has 6 aromatic rings. The molecule has 6 rings (SSSR count). The van der Waals surface area contributed by atoms with E-state index in [0.717, 1.165) is 28.0 Å². The number of carbonyl (C=O) groups is 1. The summed E-state index contributed by atoms with van der Waals surface area (Å²) in [7, 11) is 0. The number of rotatable bonds is 5. The number of nitrogens with zero attached hydrogens (tertiary/aromatic N) is 5. The van der Waals surface area contributed by atoms with Crippen molar-refractivity contribution >= 4 is 28.0 Å². The Balaban J connectivity index is 1.31. The number of nitrogens with one attached hydrogen (secondary N) is 1. The topological polar surface area (TPSA) is 77.1 Å². The fourth-order valence-electron chi connectivity index (χ4n) is 4.46. The van der Waals surface area contributed by atoms with Crippen LogP contribution in [0.3, 0.4) is 0 Å². The van der Waals surface area contributed by atoms with Crippen molar-refractivity contribution in [1.82, 2.24) is 24.4 Å². The second-order valence-electron chi connectivity index (χ2n) is 9.19. The first-order chi connectivity index (χ1) is 18.7. The summed E-state index contributed by atoms with van der Waals surface area (Å²) in [5, 5.41) is 12.7. The van der Waals surface area contributed by atoms with E-state index in [1.165, 1.54) is 12.3 Å². The minimum atomic E-state index is -4.72. The molecule has 0 aliphatic heterocycles. The number of fused-ring (bicyclic) bond motifs is 2. The maximum absolute atomic E-state index is 14.0. The third-order valence-electron chi connectivity index (χ3n) is 6.48. The second-order valence-corrected chi connectivity index (χ2v) is 9.19. The number of hydrogen-bond donors (Lipinski definition) is 1. The van der Waals surface area contributed by atoms with Crippen molar-refractivity contribution in [2.45, 2.75) is 19.6 Å². The SMILES string of the molecule is Cc1ccccc1Cn1cc(NC(=O)c2cc3nc(-c4ccc5ccccc5c4)cc(C(F)(F)F)n3n2)cn1. The van der Waals surface area contributed by atoms with Crippen molar-refractivity contribution in [1.29, 1.82) is 0 Å². The molecule has 0 bridgehead atoms. The van der Waals surface area contributed by atoms with Crippen molar-refractivity contribution in [3.8, 4) is 11.3 Å². The molecule has 0 aliphatic carbocycles. The molecule has 194 valence electrons. The van der Waals surface area contributed by atoms with Crippen LogP contribution >= 0.6 is 0 Å². The predicted molar refractivity (Wildman–Crippen MR) is 141 cm³/mol. The number of halogens is 3. The van der Waals surface area contributed by atoms with Crippen molar-refractivity contribution in [2.24, 2.45) is 0 Å². The lowest BCUT2D eigenvalue weighted by Gasteiger charge is -2.11. The molecule has 1 N–H and O–H groups in total. The number of hydrogen-bond acceptors (Lipinski definition) is 4. The fourth-order valence-corrected chi connectivity index (χ4v) is 4.46. The van der Waals surface area contributed by atoms with Gasteiger partial charge in [0.2, 0.25) is 0 Å². The van der Waals surface area contributed by atoms with E-state index in [0.29, 0.717) is 22.3 Å². The molecule has 0 saturated carbocycles. The molecule has 39 heavy (non-hydrogen) atoms. The molecule has 3 aromatic carbocycles. The maximum Gasteiger partial charge on any atom is 0.433 e. The van der Waals surface area contributed by atoms with Gasteiger partial charge in [-0.25, -0.2) is 9.50 Å². The molecule has 0 atom stereocenters. The average Bonchev–Trinajstić information content (AvgIpc) is 3.55. The van der Waals surface area contributed by atoms with Gasteiger partial charge in [-0.3, -0.25) is 9.48 Å². The van der Waals surface area contributed by atoms with Crippen LogP contribution in [0.1, 0.15) is 27.3 Å². The second kappa shape index (κ2) is 9.39. The molecule has 0 fully saturated rings. The lowest BCUT2D eigenvalue weighted by atomic mass is 10.0. The number of aryl methyl sites for hydroxylation is 1. The summed E-state index contributed by atoms with van der Waals surface area (Å²) in [6.07, 6.45) is -1.59. The molecule has 10 heteroatoms. The Kier molecular flexibility index (Phi) is 5.86. The Morgan fingerprint density at radius 3 is 2.51 bits per heavy atom. The quantitative estimate of drug-likeness (QED) is 0.283. The van der Waals surface area contributed by atoms with Gasteiger partial charge in [-0.15, -0.1) is 0 Å². The van der Waals surface area contributed by atoms with E-state index in [9.17, 15) is 18.0 Å². The van der Waals surface area contributed by atoms with Crippen molar-refractivity contribution in [2.75, 3.05) is 5.32 Å². The molecule has 7 nitrogen and oxygen atoms in total. The van der Waals surface area contributed by atoms with Crippen LogP contribution in [0.25, 0.3) is 27.7 Å². The summed E-state index contributed by atoms with van der Waals surface area (Å²) >= 11 is 0. The van der Waals surface area contributed by atoms with Gasteiger partial charge in [0.15, 0.2) is 17.0 Å². The zero-order valence-corrected chi connectivity index (χ0v) is 20.6. The summed E-state index contributed by atoms with van der Waals surface area (Å²) in [6.45, 7) is 2.51. The molecule has 0 radical (unpaired) electrons. The van der Waals surface area contributed by atoms with Gasteiger partial charge in [-0.05, 0) is 41.0 Å². The van der Waals surface area contributed by atoms with Crippen LogP contribution in [0.2, 0.25) is 0 Å². The number of amides is 1. The Hall–Kier alpha value is -4.99. The molecular weight excluding hydrogens is 505 g/mol. The largest absolute Gasteiger partial charge is 0.433 e. The van der Waals surface area contributed by atoms with Gasteiger partial charge >= 0.3 is 6.18 Å². The van der Waals surface area contributed by atoms with Crippen molar-refractivity contribution in [3.63, 3.8) is 0 Å². The van der Waals surface area contributed by atoms with Crippen molar-refractivity contribution in [3.05, 3.63) is 114 Å². The van der Waals surface area contributed by atoms with Crippen LogP contribution in [0.15, 0.2) is 91.3 Å². The zero-order valence-electron chi connectivity index (χ0n) is 20.6. The average molecular weight is 527 g/mol. The summed E-state index contributed by atoms with van der Waals surface area (Å²) < 4.78 is 44.4. The highest BCUT2D eigenvalue weighted by atomic mass is 19.4. The van der Waals surface area contributed by atoms with E-state index in [1.54, 1.807) is 23.0 Å². The van der Waals surface area contributed by atoms with E-state index in [4.69, 9.17) is 0 Å². The molecule has 3 aromatic heterocycles. The van der Waals surface area contributed by atoms with Gasteiger partial charge in [-0.2, -0.15) is 23.4 Å². The molecule has 1 amide bonds. The highest BCUT2D eigenvalue weighted by Crippen LogP contribution is 2.33. The van der Waals surface area contributed by atoms with Crippen LogP contribution < -0.4 is 5.32 Å². The third-order valence-corrected chi connectivity index (χ3v) is 6.48. The van der Waals surface area contributed by atoms with Crippen LogP contribution in [0.5, 0.6) is 0 Å². The summed E-state index contributed by atoms with van der Waals surface area (Å²) in [6, 6.07) is 23.0. The highest BCUT2D eigenvalue weighted by Gasteiger charge is 2.35. The maximum atomic E-state index is 14.0. The van der Waals surface area contributed by atoms with E-state index in [-0.39, 0.29) is 17.0 Å². The van der Waals surface area contributed by atoms with Crippen LogP contribution in [0, 0.1) is 6.92 Å². The van der Waals surface area contributed by atoms with E-state index in [1.807, 2.05) is 61.5 Å². The van der Waals surface area contributed by atoms with Crippen LogP contribution in [-0.4, -0.2) is 30.3 Å². The molecular formula is C29H21F3N6O. The predicted octanol–water partition coefficient (Wildman–Crippen LogP) is 6.37. The van der Waals surface area contributed by atoms with Gasteiger partial charge in [0.05, 0.1) is 24.1 Å². The van der Waals surface area contributed by atoms with Crippen LogP contribution in [0.4, 0.5) is 18.9 Å². The number of aromatic nitrogens is 5. The number of benzene rings is 3. The first-order valence-electron chi connectivity index (χ1n) is 12.1. The van der Waals surface area contributed by atoms with Crippen molar-refractivity contribution < 1.29 is 18.0 Å². The van der Waals surface area contributed by atoms with Gasteiger partial charge in [0.1, 0.15) is 0 Å². The first-order valence-corrected chi connectivity index (χ1v) is 12.1. The van der Waals surface area contributed by atoms with Gasteiger partial charge < -0.3 is 5.32 Å². The normalized spacial score (nSPS) is 11.8. The molecule has 0 unspecified atom stereocenters. The van der Waals surface area contributed by atoms with E-state index < -0.39 is 17.8 Å². The van der Waals surface area contributed by atoms with E-state index >= 15 is 0 Å². The minimum Gasteiger partial charge on any atom is -0.318 e. The Bertz CT molecular complexity index is 1850. The lowest BCUT2D eigenvalue weighted by Crippen LogP contribution is -2.15. The number of anilines is 1. The lowest BCUT2D eigenvalue weighted by molar-refractivity contribution is -0.142. The van der Waals surface area contributed by atoms with E-state index in [2.05, 4.69) is 20.5 Å². The first kappa shape index (κ1) is 24.4. The molecule has 0 aliphatic rings. The van der Waals surface area contributed by atoms with Gasteiger partial charge in [0.25, 0.3) is 5.91 Å². The highest BCUT2D eigenvalue weighted by molar-refractivity contribution is 6.03.